The lowest BCUT2D eigenvalue weighted by atomic mass is 9.73. The first-order valence-electron chi connectivity index (χ1n) is 6.27. The lowest BCUT2D eigenvalue weighted by Gasteiger charge is -2.34. The van der Waals surface area contributed by atoms with Gasteiger partial charge in [-0.3, -0.25) is 4.79 Å². The highest BCUT2D eigenvalue weighted by molar-refractivity contribution is 7.80. The Morgan fingerprint density at radius 3 is 2.58 bits per heavy atom. The van der Waals surface area contributed by atoms with Gasteiger partial charge in [0.2, 0.25) is 5.91 Å². The third-order valence-electron chi connectivity index (χ3n) is 3.58. The first-order valence-corrected chi connectivity index (χ1v) is 7.06. The molecule has 19 heavy (non-hydrogen) atoms. The highest BCUT2D eigenvalue weighted by Gasteiger charge is 2.42. The molecule has 2 rings (SSSR count). The molecule has 0 atom stereocenters. The van der Waals surface area contributed by atoms with Gasteiger partial charge >= 0.3 is 0 Å². The van der Waals surface area contributed by atoms with E-state index < -0.39 is 5.41 Å². The van der Waals surface area contributed by atoms with Crippen molar-refractivity contribution in [3.63, 3.8) is 0 Å². The number of halogens is 1. The van der Waals surface area contributed by atoms with E-state index in [2.05, 4.69) is 10.3 Å². The van der Waals surface area contributed by atoms with Crippen molar-refractivity contribution >= 4 is 40.5 Å². The summed E-state index contributed by atoms with van der Waals surface area (Å²) in [6.45, 7) is 0. The van der Waals surface area contributed by atoms with E-state index in [-0.39, 0.29) is 10.9 Å². The van der Waals surface area contributed by atoms with Gasteiger partial charge in [-0.1, -0.05) is 43.1 Å². The Morgan fingerprint density at radius 2 is 2.05 bits per heavy atom. The van der Waals surface area contributed by atoms with E-state index in [0.29, 0.717) is 23.7 Å². The molecule has 0 spiro atoms. The molecule has 4 nitrogen and oxygen atoms in total. The molecule has 1 aliphatic carbocycles. The van der Waals surface area contributed by atoms with Gasteiger partial charge in [-0.15, -0.1) is 0 Å². The maximum absolute atomic E-state index is 12.5. The van der Waals surface area contributed by atoms with Gasteiger partial charge in [0.15, 0.2) is 0 Å². The Morgan fingerprint density at radius 1 is 1.37 bits per heavy atom. The van der Waals surface area contributed by atoms with Gasteiger partial charge < -0.3 is 11.1 Å². The zero-order chi connectivity index (χ0) is 13.9. The van der Waals surface area contributed by atoms with Gasteiger partial charge in [0.05, 0.1) is 15.4 Å². The monoisotopic (exact) mass is 297 g/mol. The number of hydrogen-bond donors (Lipinski definition) is 2. The van der Waals surface area contributed by atoms with E-state index >= 15 is 0 Å². The van der Waals surface area contributed by atoms with Gasteiger partial charge in [0, 0.05) is 6.20 Å². The van der Waals surface area contributed by atoms with Gasteiger partial charge in [-0.05, 0) is 25.0 Å². The fourth-order valence-corrected chi connectivity index (χ4v) is 2.84. The molecule has 0 bridgehead atoms. The molecular formula is C13H16ClN3OS. The summed E-state index contributed by atoms with van der Waals surface area (Å²) in [4.78, 5) is 16.8. The van der Waals surface area contributed by atoms with Crippen LogP contribution in [0.5, 0.6) is 0 Å². The smallest absolute Gasteiger partial charge is 0.238 e. The summed E-state index contributed by atoms with van der Waals surface area (Å²) >= 11 is 10.9. The van der Waals surface area contributed by atoms with Crippen molar-refractivity contribution in [2.75, 3.05) is 5.32 Å². The standard InChI is InChI=1S/C13H16ClN3OS/c14-9-4-5-10(16-8-9)17-12(18)13(11(15)19)6-2-1-3-7-13/h4-5,8H,1-3,6-7H2,(H2,15,19)(H,16,17,18). The fraction of sp³-hybridized carbons (Fsp3) is 0.462. The molecule has 1 aliphatic rings. The molecule has 1 aromatic rings. The van der Waals surface area contributed by atoms with Crippen LogP contribution in [0.1, 0.15) is 32.1 Å². The third kappa shape index (κ3) is 3.04. The summed E-state index contributed by atoms with van der Waals surface area (Å²) < 4.78 is 0. The predicted octanol–water partition coefficient (Wildman–Crippen LogP) is 2.91. The van der Waals surface area contributed by atoms with Crippen LogP contribution in [0, 0.1) is 5.41 Å². The lowest BCUT2D eigenvalue weighted by molar-refractivity contribution is -0.123. The van der Waals surface area contributed by atoms with E-state index in [4.69, 9.17) is 29.6 Å². The summed E-state index contributed by atoms with van der Waals surface area (Å²) in [6, 6.07) is 3.34. The molecule has 0 aromatic carbocycles. The lowest BCUT2D eigenvalue weighted by Crippen LogP contribution is -2.47. The first kappa shape index (κ1) is 14.2. The van der Waals surface area contributed by atoms with Crippen LogP contribution in [-0.4, -0.2) is 15.9 Å². The molecule has 6 heteroatoms. The number of carbonyl (C=O) groups is 1. The van der Waals surface area contributed by atoms with Crippen molar-refractivity contribution in [1.82, 2.24) is 4.98 Å². The van der Waals surface area contributed by atoms with Gasteiger partial charge in [0.1, 0.15) is 5.82 Å². The summed E-state index contributed by atoms with van der Waals surface area (Å²) in [7, 11) is 0. The fourth-order valence-electron chi connectivity index (χ4n) is 2.43. The van der Waals surface area contributed by atoms with Crippen LogP contribution in [0.15, 0.2) is 18.3 Å². The maximum Gasteiger partial charge on any atom is 0.238 e. The Hall–Kier alpha value is -1.20. The molecular weight excluding hydrogens is 282 g/mol. The second kappa shape index (κ2) is 5.84. The quantitative estimate of drug-likeness (QED) is 0.842. The number of thiocarbonyl (C=S) groups is 1. The topological polar surface area (TPSA) is 68.0 Å². The number of anilines is 1. The van der Waals surface area contributed by atoms with Gasteiger partial charge in [0.25, 0.3) is 0 Å². The molecule has 0 aliphatic heterocycles. The summed E-state index contributed by atoms with van der Waals surface area (Å²) in [6.07, 6.45) is 5.98. The molecule has 1 fully saturated rings. The molecule has 1 heterocycles. The zero-order valence-electron chi connectivity index (χ0n) is 10.5. The summed E-state index contributed by atoms with van der Waals surface area (Å²) in [5, 5.41) is 3.31. The Balaban J connectivity index is 2.16. The van der Waals surface area contributed by atoms with Gasteiger partial charge in [-0.2, -0.15) is 0 Å². The van der Waals surface area contributed by atoms with Crippen molar-refractivity contribution < 1.29 is 4.79 Å². The number of rotatable bonds is 3. The largest absolute Gasteiger partial charge is 0.392 e. The van der Waals surface area contributed by atoms with Crippen LogP contribution < -0.4 is 11.1 Å². The molecule has 102 valence electrons. The average Bonchev–Trinajstić information content (AvgIpc) is 2.42. The van der Waals surface area contributed by atoms with E-state index in [9.17, 15) is 4.79 Å². The van der Waals surface area contributed by atoms with Crippen LogP contribution in [0.25, 0.3) is 0 Å². The minimum Gasteiger partial charge on any atom is -0.392 e. The van der Waals surface area contributed by atoms with Gasteiger partial charge in [-0.25, -0.2) is 4.98 Å². The van der Waals surface area contributed by atoms with E-state index in [1.54, 1.807) is 12.1 Å². The SMILES string of the molecule is NC(=S)C1(C(=O)Nc2ccc(Cl)cn2)CCCCC1. The third-order valence-corrected chi connectivity index (χ3v) is 4.20. The number of pyridine rings is 1. The first-order chi connectivity index (χ1) is 9.04. The summed E-state index contributed by atoms with van der Waals surface area (Å²) in [5.41, 5.74) is 5.08. The van der Waals surface area contributed by atoms with E-state index in [1.165, 1.54) is 6.20 Å². The number of amides is 1. The normalized spacial score (nSPS) is 17.7. The maximum atomic E-state index is 12.5. The summed E-state index contributed by atoms with van der Waals surface area (Å²) in [5.74, 6) is 0.310. The molecule has 1 amide bonds. The number of hydrogen-bond acceptors (Lipinski definition) is 3. The van der Waals surface area contributed by atoms with Crippen LogP contribution in [0.4, 0.5) is 5.82 Å². The van der Waals surface area contributed by atoms with Crippen molar-refractivity contribution in [2.45, 2.75) is 32.1 Å². The number of aromatic nitrogens is 1. The Kier molecular flexibility index (Phi) is 4.37. The number of carbonyl (C=O) groups excluding carboxylic acids is 1. The van der Waals surface area contributed by atoms with Crippen molar-refractivity contribution in [3.8, 4) is 0 Å². The molecule has 0 saturated heterocycles. The minimum atomic E-state index is -0.727. The highest BCUT2D eigenvalue weighted by atomic mass is 35.5. The molecule has 0 radical (unpaired) electrons. The van der Waals surface area contributed by atoms with E-state index in [0.717, 1.165) is 19.3 Å². The van der Waals surface area contributed by atoms with Crippen molar-refractivity contribution in [1.29, 1.82) is 0 Å². The Bertz CT molecular complexity index is 483. The molecule has 3 N–H and O–H groups in total. The molecule has 0 unspecified atom stereocenters. The highest BCUT2D eigenvalue weighted by Crippen LogP contribution is 2.37. The van der Waals surface area contributed by atoms with Crippen LogP contribution in [0.2, 0.25) is 5.02 Å². The molecule has 1 saturated carbocycles. The van der Waals surface area contributed by atoms with Crippen molar-refractivity contribution in [3.05, 3.63) is 23.4 Å². The predicted molar refractivity (Wildman–Crippen MR) is 80.2 cm³/mol. The average molecular weight is 298 g/mol. The minimum absolute atomic E-state index is 0.158. The number of nitrogens with zero attached hydrogens (tertiary/aromatic N) is 1. The second-order valence-corrected chi connectivity index (χ2v) is 5.70. The Labute approximate surface area is 122 Å². The van der Waals surface area contributed by atoms with Crippen LogP contribution in [-0.2, 0) is 4.79 Å². The number of nitrogens with two attached hydrogens (primary N) is 1. The zero-order valence-corrected chi connectivity index (χ0v) is 12.1. The van der Waals surface area contributed by atoms with E-state index in [1.807, 2.05) is 0 Å². The van der Waals surface area contributed by atoms with Crippen LogP contribution >= 0.6 is 23.8 Å². The molecule has 1 aromatic heterocycles. The van der Waals surface area contributed by atoms with Crippen LogP contribution in [0.3, 0.4) is 0 Å². The van der Waals surface area contributed by atoms with Crippen molar-refractivity contribution in [2.24, 2.45) is 11.1 Å². The second-order valence-electron chi connectivity index (χ2n) is 4.82. The number of nitrogens with one attached hydrogen (secondary N) is 1.